The fraction of sp³-hybridized carbons (Fsp3) is 1.00. The first kappa shape index (κ1) is 8.55. The van der Waals surface area contributed by atoms with E-state index in [1.165, 1.54) is 32.2 Å². The van der Waals surface area contributed by atoms with Crippen molar-refractivity contribution in [1.29, 1.82) is 0 Å². The Morgan fingerprint density at radius 1 is 1.25 bits per heavy atom. The van der Waals surface area contributed by atoms with E-state index >= 15 is 0 Å². The molecule has 0 unspecified atom stereocenters. The second-order valence-corrected chi connectivity index (χ2v) is 5.02. The van der Waals surface area contributed by atoms with Crippen molar-refractivity contribution in [2.45, 2.75) is 45.6 Å². The van der Waals surface area contributed by atoms with E-state index in [0.717, 1.165) is 23.8 Å². The van der Waals surface area contributed by atoms with Crippen molar-refractivity contribution >= 4 is 0 Å². The summed E-state index contributed by atoms with van der Waals surface area (Å²) in [5.41, 5.74) is 0. The Morgan fingerprint density at radius 3 is 2.42 bits per heavy atom. The van der Waals surface area contributed by atoms with E-state index in [1.807, 2.05) is 0 Å². The third-order valence-electron chi connectivity index (χ3n) is 3.51. The van der Waals surface area contributed by atoms with Gasteiger partial charge < -0.3 is 5.32 Å². The highest BCUT2D eigenvalue weighted by atomic mass is 14.9. The lowest BCUT2D eigenvalue weighted by molar-refractivity contribution is 0.168. The summed E-state index contributed by atoms with van der Waals surface area (Å²) >= 11 is 0. The molecule has 0 aromatic rings. The minimum Gasteiger partial charge on any atom is -0.314 e. The van der Waals surface area contributed by atoms with Crippen molar-refractivity contribution in [1.82, 2.24) is 5.32 Å². The Labute approximate surface area is 75.9 Å². The smallest absolute Gasteiger partial charge is 0.00726 e. The maximum absolute atomic E-state index is 3.67. The second kappa shape index (κ2) is 3.37. The molecule has 1 N–H and O–H groups in total. The molecule has 2 rings (SSSR count). The average molecular weight is 167 g/mol. The minimum absolute atomic E-state index is 0.873. The normalized spacial score (nSPS) is 35.2. The Kier molecular flexibility index (Phi) is 2.40. The molecule has 2 aliphatic carbocycles. The third-order valence-corrected chi connectivity index (χ3v) is 3.51. The van der Waals surface area contributed by atoms with Crippen molar-refractivity contribution in [2.24, 2.45) is 17.8 Å². The maximum Gasteiger partial charge on any atom is 0.00726 e. The van der Waals surface area contributed by atoms with Crippen LogP contribution in [0, 0.1) is 17.8 Å². The molecular formula is C11H21N. The van der Waals surface area contributed by atoms with Crippen LogP contribution in [0.5, 0.6) is 0 Å². The lowest BCUT2D eigenvalue weighted by atomic mass is 9.74. The lowest BCUT2D eigenvalue weighted by Crippen LogP contribution is -2.43. The summed E-state index contributed by atoms with van der Waals surface area (Å²) in [6, 6.07) is 0.873. The molecule has 0 aromatic carbocycles. The van der Waals surface area contributed by atoms with Crippen molar-refractivity contribution < 1.29 is 0 Å². The maximum atomic E-state index is 3.67. The van der Waals surface area contributed by atoms with Crippen molar-refractivity contribution in [3.05, 3.63) is 0 Å². The number of hydrogen-bond acceptors (Lipinski definition) is 1. The zero-order valence-electron chi connectivity index (χ0n) is 8.34. The van der Waals surface area contributed by atoms with Gasteiger partial charge >= 0.3 is 0 Å². The van der Waals surface area contributed by atoms with Gasteiger partial charge in [-0.15, -0.1) is 0 Å². The predicted molar refractivity (Wildman–Crippen MR) is 52.1 cm³/mol. The fourth-order valence-corrected chi connectivity index (χ4v) is 2.03. The molecule has 0 aliphatic heterocycles. The van der Waals surface area contributed by atoms with Gasteiger partial charge in [0.05, 0.1) is 0 Å². The van der Waals surface area contributed by atoms with Crippen LogP contribution >= 0.6 is 0 Å². The standard InChI is InChI=1S/C11H21N/c1-8(2)10-5-11(6-10)12-7-9-3-4-9/h8-12H,3-7H2,1-2H3. The van der Waals surface area contributed by atoms with Crippen molar-refractivity contribution in [3.8, 4) is 0 Å². The van der Waals surface area contributed by atoms with Gasteiger partial charge in [-0.3, -0.25) is 0 Å². The van der Waals surface area contributed by atoms with E-state index in [0.29, 0.717) is 0 Å². The van der Waals surface area contributed by atoms with Crippen molar-refractivity contribution in [3.63, 3.8) is 0 Å². The van der Waals surface area contributed by atoms with Crippen LogP contribution < -0.4 is 5.32 Å². The van der Waals surface area contributed by atoms with Gasteiger partial charge in [-0.2, -0.15) is 0 Å². The molecule has 70 valence electrons. The van der Waals surface area contributed by atoms with E-state index in [9.17, 15) is 0 Å². The van der Waals surface area contributed by atoms with Crippen LogP contribution in [-0.2, 0) is 0 Å². The highest BCUT2D eigenvalue weighted by Crippen LogP contribution is 2.34. The molecule has 0 radical (unpaired) electrons. The van der Waals surface area contributed by atoms with E-state index in [-0.39, 0.29) is 0 Å². The number of hydrogen-bond donors (Lipinski definition) is 1. The predicted octanol–water partition coefficient (Wildman–Crippen LogP) is 2.42. The van der Waals surface area contributed by atoms with Crippen LogP contribution in [0.25, 0.3) is 0 Å². The molecular weight excluding hydrogens is 146 g/mol. The van der Waals surface area contributed by atoms with Crippen LogP contribution in [0.4, 0.5) is 0 Å². The molecule has 2 aliphatic rings. The second-order valence-electron chi connectivity index (χ2n) is 5.02. The van der Waals surface area contributed by atoms with Crippen molar-refractivity contribution in [2.75, 3.05) is 6.54 Å². The molecule has 0 heterocycles. The SMILES string of the molecule is CC(C)C1CC(NCC2CC2)C1. The largest absolute Gasteiger partial charge is 0.314 e. The number of rotatable bonds is 4. The topological polar surface area (TPSA) is 12.0 Å². The van der Waals surface area contributed by atoms with Gasteiger partial charge in [0, 0.05) is 6.04 Å². The molecule has 2 saturated carbocycles. The average Bonchev–Trinajstić information content (AvgIpc) is 2.66. The quantitative estimate of drug-likeness (QED) is 0.678. The highest BCUT2D eigenvalue weighted by molar-refractivity contribution is 4.88. The summed E-state index contributed by atoms with van der Waals surface area (Å²) in [7, 11) is 0. The Balaban J connectivity index is 1.55. The lowest BCUT2D eigenvalue weighted by Gasteiger charge is -2.38. The van der Waals surface area contributed by atoms with Crippen LogP contribution in [0.3, 0.4) is 0 Å². The van der Waals surface area contributed by atoms with Gasteiger partial charge in [0.25, 0.3) is 0 Å². The summed E-state index contributed by atoms with van der Waals surface area (Å²) in [4.78, 5) is 0. The van der Waals surface area contributed by atoms with Gasteiger partial charge in [-0.1, -0.05) is 13.8 Å². The number of nitrogens with one attached hydrogen (secondary N) is 1. The van der Waals surface area contributed by atoms with Gasteiger partial charge in [-0.25, -0.2) is 0 Å². The Bertz CT molecular complexity index is 140. The van der Waals surface area contributed by atoms with E-state index in [2.05, 4.69) is 19.2 Å². The third kappa shape index (κ3) is 2.01. The molecule has 1 nitrogen and oxygen atoms in total. The molecule has 0 amide bonds. The zero-order chi connectivity index (χ0) is 8.55. The first-order valence-corrected chi connectivity index (χ1v) is 5.49. The monoisotopic (exact) mass is 167 g/mol. The molecule has 0 atom stereocenters. The van der Waals surface area contributed by atoms with Gasteiger partial charge in [0.15, 0.2) is 0 Å². The summed E-state index contributed by atoms with van der Waals surface area (Å²) in [5, 5.41) is 3.67. The summed E-state index contributed by atoms with van der Waals surface area (Å²) in [6.07, 6.45) is 5.83. The zero-order valence-corrected chi connectivity index (χ0v) is 8.34. The van der Waals surface area contributed by atoms with Crippen LogP contribution in [0.2, 0.25) is 0 Å². The molecule has 0 saturated heterocycles. The first-order valence-electron chi connectivity index (χ1n) is 5.49. The molecule has 1 heteroatoms. The molecule has 0 bridgehead atoms. The van der Waals surface area contributed by atoms with E-state index in [1.54, 1.807) is 0 Å². The minimum atomic E-state index is 0.873. The van der Waals surface area contributed by atoms with Gasteiger partial charge in [-0.05, 0) is 50.0 Å². The summed E-state index contributed by atoms with van der Waals surface area (Å²) in [5.74, 6) is 2.97. The van der Waals surface area contributed by atoms with E-state index < -0.39 is 0 Å². The molecule has 0 spiro atoms. The summed E-state index contributed by atoms with van der Waals surface area (Å²) in [6.45, 7) is 6.00. The van der Waals surface area contributed by atoms with Crippen LogP contribution in [0.1, 0.15) is 39.5 Å². The first-order chi connectivity index (χ1) is 5.75. The van der Waals surface area contributed by atoms with E-state index in [4.69, 9.17) is 0 Å². The van der Waals surface area contributed by atoms with Crippen LogP contribution in [-0.4, -0.2) is 12.6 Å². The fourth-order valence-electron chi connectivity index (χ4n) is 2.03. The van der Waals surface area contributed by atoms with Crippen LogP contribution in [0.15, 0.2) is 0 Å². The Morgan fingerprint density at radius 2 is 1.92 bits per heavy atom. The molecule has 12 heavy (non-hydrogen) atoms. The molecule has 0 aromatic heterocycles. The van der Waals surface area contributed by atoms with Gasteiger partial charge in [0.1, 0.15) is 0 Å². The molecule has 2 fully saturated rings. The summed E-state index contributed by atoms with van der Waals surface area (Å²) < 4.78 is 0. The van der Waals surface area contributed by atoms with Gasteiger partial charge in [0.2, 0.25) is 0 Å². The Hall–Kier alpha value is -0.0400. The highest BCUT2D eigenvalue weighted by Gasteiger charge is 2.32.